The molecule has 3 aromatic carbocycles. The minimum Gasteiger partial charge on any atom is -0.345 e. The number of hydrogen-bond donors (Lipinski definition) is 0. The van der Waals surface area contributed by atoms with Crippen LogP contribution in [0.4, 0.5) is 5.13 Å². The molecule has 1 aliphatic heterocycles. The van der Waals surface area contributed by atoms with Gasteiger partial charge in [0, 0.05) is 31.2 Å². The van der Waals surface area contributed by atoms with Gasteiger partial charge in [0.2, 0.25) is 0 Å². The molecule has 0 bridgehead atoms. The Kier molecular flexibility index (Phi) is 5.47. The molecule has 0 atom stereocenters. The molecule has 5 heteroatoms. The number of anilines is 1. The summed E-state index contributed by atoms with van der Waals surface area (Å²) in [5.41, 5.74) is 4.81. The van der Waals surface area contributed by atoms with Crippen LogP contribution in [0.25, 0.3) is 10.2 Å². The number of piperazine rings is 1. The van der Waals surface area contributed by atoms with Crippen LogP contribution in [0, 0.1) is 6.92 Å². The summed E-state index contributed by atoms with van der Waals surface area (Å²) in [6, 6.07) is 26.0. The highest BCUT2D eigenvalue weighted by Gasteiger charge is 2.27. The normalized spacial score (nSPS) is 15.2. The molecule has 0 amide bonds. The summed E-state index contributed by atoms with van der Waals surface area (Å²) in [5.74, 6) is 0. The predicted octanol–water partition coefficient (Wildman–Crippen LogP) is 6.17. The zero-order valence-electron chi connectivity index (χ0n) is 17.0. The first kappa shape index (κ1) is 19.6. The van der Waals surface area contributed by atoms with E-state index in [-0.39, 0.29) is 6.04 Å². The summed E-state index contributed by atoms with van der Waals surface area (Å²) in [6.45, 7) is 6.01. The number of rotatable bonds is 4. The van der Waals surface area contributed by atoms with E-state index >= 15 is 0 Å². The average Bonchev–Trinajstić information content (AvgIpc) is 3.24. The number of nitrogens with zero attached hydrogens (tertiary/aromatic N) is 3. The lowest BCUT2D eigenvalue weighted by atomic mass is 9.96. The molecule has 0 radical (unpaired) electrons. The molecule has 1 aromatic heterocycles. The molecule has 0 spiro atoms. The van der Waals surface area contributed by atoms with Crippen LogP contribution in [0.1, 0.15) is 22.7 Å². The van der Waals surface area contributed by atoms with Crippen LogP contribution in [0.3, 0.4) is 0 Å². The minimum atomic E-state index is 0.283. The first-order valence-corrected chi connectivity index (χ1v) is 11.5. The largest absolute Gasteiger partial charge is 0.345 e. The van der Waals surface area contributed by atoms with Gasteiger partial charge in [0.1, 0.15) is 0 Å². The van der Waals surface area contributed by atoms with Crippen molar-refractivity contribution in [2.45, 2.75) is 13.0 Å². The molecule has 0 aliphatic carbocycles. The maximum Gasteiger partial charge on any atom is 0.186 e. The molecule has 0 N–H and O–H groups in total. The van der Waals surface area contributed by atoms with E-state index in [4.69, 9.17) is 16.6 Å². The SMILES string of the molecule is Cc1c(Cl)ccc2sc(N3CCN(C(c4ccccc4)c4ccccc4)CC3)nc12. The first-order chi connectivity index (χ1) is 14.7. The lowest BCUT2D eigenvalue weighted by molar-refractivity contribution is 0.212. The van der Waals surface area contributed by atoms with Crippen LogP contribution >= 0.6 is 22.9 Å². The van der Waals surface area contributed by atoms with Gasteiger partial charge in [0.05, 0.1) is 16.3 Å². The molecule has 1 fully saturated rings. The van der Waals surface area contributed by atoms with Crippen LogP contribution in [0.2, 0.25) is 5.02 Å². The molecule has 152 valence electrons. The Morgan fingerprint density at radius 2 is 1.43 bits per heavy atom. The molecule has 4 aromatic rings. The number of thiazole rings is 1. The zero-order valence-corrected chi connectivity index (χ0v) is 18.5. The van der Waals surface area contributed by atoms with Crippen molar-refractivity contribution in [3.8, 4) is 0 Å². The molecule has 1 aliphatic rings. The Morgan fingerprint density at radius 3 is 2.03 bits per heavy atom. The summed E-state index contributed by atoms with van der Waals surface area (Å²) in [4.78, 5) is 9.94. The van der Waals surface area contributed by atoms with Crippen molar-refractivity contribution in [2.24, 2.45) is 0 Å². The molecule has 1 saturated heterocycles. The second kappa shape index (κ2) is 8.38. The third-order valence-electron chi connectivity index (χ3n) is 5.92. The van der Waals surface area contributed by atoms with Crippen LogP contribution in [0.15, 0.2) is 72.8 Å². The Balaban J connectivity index is 1.38. The number of aromatic nitrogens is 1. The number of aryl methyl sites for hydroxylation is 1. The highest BCUT2D eigenvalue weighted by Crippen LogP contribution is 2.35. The zero-order chi connectivity index (χ0) is 20.5. The summed E-state index contributed by atoms with van der Waals surface area (Å²) in [6.07, 6.45) is 0. The number of hydrogen-bond acceptors (Lipinski definition) is 4. The van der Waals surface area contributed by atoms with E-state index in [1.807, 2.05) is 6.07 Å². The first-order valence-electron chi connectivity index (χ1n) is 10.4. The smallest absolute Gasteiger partial charge is 0.186 e. The van der Waals surface area contributed by atoms with E-state index in [1.54, 1.807) is 11.3 Å². The standard InChI is InChI=1S/C25H24ClN3S/c1-18-21(26)12-13-22-23(18)27-25(30-22)29-16-14-28(15-17-29)24(19-8-4-2-5-9-19)20-10-6-3-7-11-20/h2-13,24H,14-17H2,1H3. The molecule has 0 unspecified atom stereocenters. The van der Waals surface area contributed by atoms with Crippen LogP contribution < -0.4 is 4.90 Å². The molecular formula is C25H24ClN3S. The van der Waals surface area contributed by atoms with Gasteiger partial charge in [0.25, 0.3) is 0 Å². The number of halogens is 1. The molecule has 0 saturated carbocycles. The molecule has 2 heterocycles. The van der Waals surface area contributed by atoms with Crippen molar-refractivity contribution >= 4 is 38.3 Å². The lowest BCUT2D eigenvalue weighted by Crippen LogP contribution is -2.47. The maximum atomic E-state index is 6.30. The summed E-state index contributed by atoms with van der Waals surface area (Å²) in [7, 11) is 0. The Hall–Kier alpha value is -2.40. The van der Waals surface area contributed by atoms with Crippen LogP contribution in [-0.4, -0.2) is 36.1 Å². The van der Waals surface area contributed by atoms with E-state index in [0.29, 0.717) is 0 Å². The summed E-state index contributed by atoms with van der Waals surface area (Å²) < 4.78 is 1.21. The van der Waals surface area contributed by atoms with Gasteiger partial charge >= 0.3 is 0 Å². The van der Waals surface area contributed by atoms with Crippen LogP contribution in [0.5, 0.6) is 0 Å². The molecule has 3 nitrogen and oxygen atoms in total. The van der Waals surface area contributed by atoms with E-state index in [0.717, 1.165) is 47.4 Å². The van der Waals surface area contributed by atoms with Crippen molar-refractivity contribution in [1.82, 2.24) is 9.88 Å². The van der Waals surface area contributed by atoms with Crippen molar-refractivity contribution < 1.29 is 0 Å². The Morgan fingerprint density at radius 1 is 0.833 bits per heavy atom. The fourth-order valence-electron chi connectivity index (χ4n) is 4.28. The summed E-state index contributed by atoms with van der Waals surface area (Å²) in [5, 5.41) is 1.89. The third kappa shape index (κ3) is 3.71. The summed E-state index contributed by atoms with van der Waals surface area (Å²) >= 11 is 8.06. The second-order valence-corrected chi connectivity index (χ2v) is 9.18. The highest BCUT2D eigenvalue weighted by atomic mass is 35.5. The van der Waals surface area contributed by atoms with Gasteiger partial charge in [-0.15, -0.1) is 0 Å². The van der Waals surface area contributed by atoms with Crippen molar-refractivity contribution in [3.05, 3.63) is 94.5 Å². The van der Waals surface area contributed by atoms with Gasteiger partial charge in [-0.1, -0.05) is 83.6 Å². The highest BCUT2D eigenvalue weighted by molar-refractivity contribution is 7.22. The van der Waals surface area contributed by atoms with Crippen molar-refractivity contribution in [1.29, 1.82) is 0 Å². The van der Waals surface area contributed by atoms with E-state index in [2.05, 4.69) is 83.5 Å². The van der Waals surface area contributed by atoms with Gasteiger partial charge in [-0.05, 0) is 35.7 Å². The average molecular weight is 434 g/mol. The molecule has 30 heavy (non-hydrogen) atoms. The van der Waals surface area contributed by atoms with Gasteiger partial charge < -0.3 is 4.90 Å². The quantitative estimate of drug-likeness (QED) is 0.383. The topological polar surface area (TPSA) is 19.4 Å². The predicted molar refractivity (Wildman–Crippen MR) is 128 cm³/mol. The maximum absolute atomic E-state index is 6.30. The van der Waals surface area contributed by atoms with Gasteiger partial charge in [-0.2, -0.15) is 0 Å². The second-order valence-electron chi connectivity index (χ2n) is 7.76. The molecular weight excluding hydrogens is 410 g/mol. The molecule has 5 rings (SSSR count). The van der Waals surface area contributed by atoms with Gasteiger partial charge in [-0.25, -0.2) is 4.98 Å². The van der Waals surface area contributed by atoms with E-state index in [9.17, 15) is 0 Å². The van der Waals surface area contributed by atoms with Crippen molar-refractivity contribution in [2.75, 3.05) is 31.1 Å². The van der Waals surface area contributed by atoms with Gasteiger partial charge in [0.15, 0.2) is 5.13 Å². The van der Waals surface area contributed by atoms with Gasteiger partial charge in [-0.3, -0.25) is 4.90 Å². The monoisotopic (exact) mass is 433 g/mol. The number of benzene rings is 3. The third-order valence-corrected chi connectivity index (χ3v) is 7.41. The van der Waals surface area contributed by atoms with E-state index < -0.39 is 0 Å². The minimum absolute atomic E-state index is 0.283. The lowest BCUT2D eigenvalue weighted by Gasteiger charge is -2.39. The van der Waals surface area contributed by atoms with Crippen molar-refractivity contribution in [3.63, 3.8) is 0 Å². The Labute approximate surface area is 186 Å². The Bertz CT molecular complexity index is 1100. The fourth-order valence-corrected chi connectivity index (χ4v) is 5.51. The number of fused-ring (bicyclic) bond motifs is 1. The van der Waals surface area contributed by atoms with Crippen LogP contribution in [-0.2, 0) is 0 Å². The fraction of sp³-hybridized carbons (Fsp3) is 0.240. The van der Waals surface area contributed by atoms with E-state index in [1.165, 1.54) is 15.8 Å².